The van der Waals surface area contributed by atoms with E-state index in [1.54, 1.807) is 24.3 Å². The first-order valence-corrected chi connectivity index (χ1v) is 6.45. The number of carbonyl (C=O) groups is 1. The molecule has 100 valence electrons. The molecule has 0 atom stereocenters. The predicted molar refractivity (Wildman–Crippen MR) is 73.4 cm³/mol. The fourth-order valence-corrected chi connectivity index (χ4v) is 2.00. The highest BCUT2D eigenvalue weighted by Gasteiger charge is 2.26. The molecule has 0 saturated carbocycles. The lowest BCUT2D eigenvalue weighted by atomic mass is 10.2. The zero-order valence-corrected chi connectivity index (χ0v) is 11.6. The van der Waals surface area contributed by atoms with Gasteiger partial charge in [0.15, 0.2) is 16.1 Å². The van der Waals surface area contributed by atoms with E-state index in [1.807, 2.05) is 0 Å². The van der Waals surface area contributed by atoms with Crippen LogP contribution in [0.15, 0.2) is 56.2 Å². The Hall–Kier alpha value is -2.21. The third-order valence-electron chi connectivity index (χ3n) is 2.56. The number of aliphatic imine (C=N–C) groups is 1. The zero-order valence-electron chi connectivity index (χ0n) is 9.97. The normalized spacial score (nSPS) is 16.4. The fraction of sp³-hybridized carbons (Fsp3) is 0. The molecule has 0 amide bonds. The number of nitrogens with zero attached hydrogens (tertiary/aromatic N) is 1. The minimum atomic E-state index is -0.600. The number of carbonyl (C=O) groups excluding carboxylic acids is 1. The standard InChI is InChI=1S/C14H7BrFNO3/c15-12-5-4-11(19-12)13-17-10(14(18)20-13)7-8-2-1-3-9(16)6-8/h1-7H. The number of esters is 1. The first-order valence-electron chi connectivity index (χ1n) is 5.66. The van der Waals surface area contributed by atoms with Gasteiger partial charge >= 0.3 is 5.97 Å². The predicted octanol–water partition coefficient (Wildman–Crippen LogP) is 3.53. The third kappa shape index (κ3) is 2.55. The van der Waals surface area contributed by atoms with Crippen molar-refractivity contribution in [2.45, 2.75) is 0 Å². The van der Waals surface area contributed by atoms with Crippen molar-refractivity contribution in [1.82, 2.24) is 0 Å². The van der Waals surface area contributed by atoms with E-state index in [0.717, 1.165) is 0 Å². The second-order valence-electron chi connectivity index (χ2n) is 3.99. The second-order valence-corrected chi connectivity index (χ2v) is 4.78. The molecule has 2 heterocycles. The second kappa shape index (κ2) is 5.05. The van der Waals surface area contributed by atoms with Crippen LogP contribution in [0.2, 0.25) is 0 Å². The Labute approximate surface area is 121 Å². The third-order valence-corrected chi connectivity index (χ3v) is 2.98. The Bertz CT molecular complexity index is 748. The molecule has 1 aromatic heterocycles. The highest BCUT2D eigenvalue weighted by atomic mass is 79.9. The number of cyclic esters (lactones) is 1. The van der Waals surface area contributed by atoms with Crippen molar-refractivity contribution in [3.05, 3.63) is 63.9 Å². The molecule has 0 fully saturated rings. The van der Waals surface area contributed by atoms with E-state index in [9.17, 15) is 9.18 Å². The molecule has 1 aliphatic rings. The molecular weight excluding hydrogens is 329 g/mol. The summed E-state index contributed by atoms with van der Waals surface area (Å²) in [6.07, 6.45) is 1.45. The molecule has 2 aromatic rings. The molecule has 1 aromatic carbocycles. The first-order chi connectivity index (χ1) is 9.61. The molecule has 0 saturated heterocycles. The van der Waals surface area contributed by atoms with Crippen molar-refractivity contribution in [2.75, 3.05) is 0 Å². The Balaban J connectivity index is 1.94. The summed E-state index contributed by atoms with van der Waals surface area (Å²) in [6.45, 7) is 0. The van der Waals surface area contributed by atoms with Gasteiger partial charge in [-0.15, -0.1) is 0 Å². The summed E-state index contributed by atoms with van der Waals surface area (Å²) in [5.41, 5.74) is 0.626. The van der Waals surface area contributed by atoms with Crippen LogP contribution in [0.25, 0.3) is 6.08 Å². The Morgan fingerprint density at radius 2 is 2.10 bits per heavy atom. The summed E-state index contributed by atoms with van der Waals surface area (Å²) in [7, 11) is 0. The summed E-state index contributed by atoms with van der Waals surface area (Å²) in [4.78, 5) is 15.7. The molecule has 0 radical (unpaired) electrons. The van der Waals surface area contributed by atoms with Crippen LogP contribution in [-0.2, 0) is 9.53 Å². The number of ether oxygens (including phenoxy) is 1. The van der Waals surface area contributed by atoms with E-state index < -0.39 is 5.97 Å². The monoisotopic (exact) mass is 335 g/mol. The van der Waals surface area contributed by atoms with Gasteiger partial charge < -0.3 is 9.15 Å². The van der Waals surface area contributed by atoms with Gasteiger partial charge in [0.05, 0.1) is 0 Å². The molecule has 0 spiro atoms. The van der Waals surface area contributed by atoms with Gasteiger partial charge in [-0.2, -0.15) is 0 Å². The Morgan fingerprint density at radius 1 is 1.25 bits per heavy atom. The van der Waals surface area contributed by atoms with Crippen LogP contribution in [0.1, 0.15) is 11.3 Å². The lowest BCUT2D eigenvalue weighted by Crippen LogP contribution is -2.04. The maximum atomic E-state index is 13.1. The number of hydrogen-bond acceptors (Lipinski definition) is 4. The van der Waals surface area contributed by atoms with Crippen molar-refractivity contribution >= 4 is 33.9 Å². The molecule has 0 bridgehead atoms. The van der Waals surface area contributed by atoms with Gasteiger partial charge in [0.1, 0.15) is 5.82 Å². The summed E-state index contributed by atoms with van der Waals surface area (Å²) in [5, 5.41) is 0. The summed E-state index contributed by atoms with van der Waals surface area (Å²) in [6, 6.07) is 9.14. The molecular formula is C14H7BrFNO3. The lowest BCUT2D eigenvalue weighted by molar-refractivity contribution is -0.130. The minimum Gasteiger partial charge on any atom is -0.444 e. The van der Waals surface area contributed by atoms with E-state index in [1.165, 1.54) is 18.2 Å². The maximum absolute atomic E-state index is 13.1. The van der Waals surface area contributed by atoms with Crippen molar-refractivity contribution in [3.63, 3.8) is 0 Å². The first kappa shape index (κ1) is 12.8. The SMILES string of the molecule is O=C1OC(c2ccc(Br)o2)=NC1=Cc1cccc(F)c1. The molecule has 0 aliphatic carbocycles. The van der Waals surface area contributed by atoms with Crippen molar-refractivity contribution < 1.29 is 18.3 Å². The smallest absolute Gasteiger partial charge is 0.363 e. The highest BCUT2D eigenvalue weighted by molar-refractivity contribution is 9.10. The van der Waals surface area contributed by atoms with E-state index in [-0.39, 0.29) is 17.4 Å². The lowest BCUT2D eigenvalue weighted by Gasteiger charge is -1.94. The van der Waals surface area contributed by atoms with Crippen molar-refractivity contribution in [3.8, 4) is 0 Å². The van der Waals surface area contributed by atoms with Crippen molar-refractivity contribution in [1.29, 1.82) is 0 Å². The van der Waals surface area contributed by atoms with Crippen LogP contribution in [0.5, 0.6) is 0 Å². The molecule has 0 N–H and O–H groups in total. The van der Waals surface area contributed by atoms with Gasteiger partial charge in [0.25, 0.3) is 5.90 Å². The quantitative estimate of drug-likeness (QED) is 0.623. The molecule has 3 rings (SSSR count). The van der Waals surface area contributed by atoms with Crippen LogP contribution < -0.4 is 0 Å². The van der Waals surface area contributed by atoms with Gasteiger partial charge in [0, 0.05) is 0 Å². The number of halogens is 2. The van der Waals surface area contributed by atoms with Gasteiger partial charge in [-0.1, -0.05) is 12.1 Å². The number of rotatable bonds is 2. The van der Waals surface area contributed by atoms with Crippen LogP contribution in [0.4, 0.5) is 4.39 Å². The number of hydrogen-bond donors (Lipinski definition) is 0. The summed E-state index contributed by atoms with van der Waals surface area (Å²) < 4.78 is 23.9. The maximum Gasteiger partial charge on any atom is 0.363 e. The molecule has 1 aliphatic heterocycles. The van der Waals surface area contributed by atoms with E-state index in [2.05, 4.69) is 20.9 Å². The molecule has 6 heteroatoms. The van der Waals surface area contributed by atoms with Crippen LogP contribution in [0, 0.1) is 5.82 Å². The average molecular weight is 336 g/mol. The topological polar surface area (TPSA) is 51.8 Å². The van der Waals surface area contributed by atoms with E-state index in [4.69, 9.17) is 9.15 Å². The van der Waals surface area contributed by atoms with E-state index >= 15 is 0 Å². The molecule has 4 nitrogen and oxygen atoms in total. The van der Waals surface area contributed by atoms with E-state index in [0.29, 0.717) is 16.0 Å². The summed E-state index contributed by atoms with van der Waals surface area (Å²) >= 11 is 3.15. The molecule has 0 unspecified atom stereocenters. The van der Waals surface area contributed by atoms with Gasteiger partial charge in [0.2, 0.25) is 0 Å². The van der Waals surface area contributed by atoms with Crippen LogP contribution >= 0.6 is 15.9 Å². The Kier molecular flexibility index (Phi) is 3.23. The highest BCUT2D eigenvalue weighted by Crippen LogP contribution is 2.22. The average Bonchev–Trinajstić information content (AvgIpc) is 2.97. The largest absolute Gasteiger partial charge is 0.444 e. The van der Waals surface area contributed by atoms with Crippen LogP contribution in [-0.4, -0.2) is 11.9 Å². The Morgan fingerprint density at radius 3 is 2.80 bits per heavy atom. The van der Waals surface area contributed by atoms with Crippen molar-refractivity contribution in [2.24, 2.45) is 4.99 Å². The fourth-order valence-electron chi connectivity index (χ4n) is 1.70. The molecule has 20 heavy (non-hydrogen) atoms. The van der Waals surface area contributed by atoms with Gasteiger partial charge in [-0.05, 0) is 51.8 Å². The van der Waals surface area contributed by atoms with Crippen LogP contribution in [0.3, 0.4) is 0 Å². The van der Waals surface area contributed by atoms with Gasteiger partial charge in [-0.3, -0.25) is 0 Å². The zero-order chi connectivity index (χ0) is 14.1. The minimum absolute atomic E-state index is 0.0864. The summed E-state index contributed by atoms with van der Waals surface area (Å²) in [5.74, 6) is -0.558. The van der Waals surface area contributed by atoms with Gasteiger partial charge in [-0.25, -0.2) is 14.2 Å². The number of furan rings is 1. The number of benzene rings is 1.